The molecule has 0 radical (unpaired) electrons. The lowest BCUT2D eigenvalue weighted by molar-refractivity contribution is -0.384. The number of nitro groups is 1. The number of nitrogens with zero attached hydrogens (tertiary/aromatic N) is 2. The quantitative estimate of drug-likeness (QED) is 0.595. The maximum atomic E-state index is 11.3. The van der Waals surface area contributed by atoms with Crippen LogP contribution in [0.1, 0.15) is 6.42 Å². The second-order valence-corrected chi connectivity index (χ2v) is 6.35. The summed E-state index contributed by atoms with van der Waals surface area (Å²) in [6.45, 7) is 1.82. The Bertz CT molecular complexity index is 631. The van der Waals surface area contributed by atoms with Crippen molar-refractivity contribution < 1.29 is 13.3 Å². The summed E-state index contributed by atoms with van der Waals surface area (Å²) in [4.78, 5) is 12.1. The Hall–Kier alpha value is -1.71. The summed E-state index contributed by atoms with van der Waals surface area (Å²) in [5.41, 5.74) is 5.74. The van der Waals surface area contributed by atoms with Gasteiger partial charge in [0.25, 0.3) is 5.69 Å². The first-order chi connectivity index (χ1) is 9.32. The first kappa shape index (κ1) is 14.7. The lowest BCUT2D eigenvalue weighted by Crippen LogP contribution is -2.23. The van der Waals surface area contributed by atoms with Crippen LogP contribution >= 0.6 is 0 Å². The van der Waals surface area contributed by atoms with E-state index < -0.39 is 14.9 Å². The van der Waals surface area contributed by atoms with E-state index in [1.54, 1.807) is 0 Å². The van der Waals surface area contributed by atoms with Gasteiger partial charge in [0.1, 0.15) is 5.69 Å². The number of hydrogen-bond acceptors (Lipinski definition) is 6. The highest BCUT2D eigenvalue weighted by atomic mass is 32.2. The molecule has 1 aliphatic heterocycles. The third-order valence-electron chi connectivity index (χ3n) is 3.43. The molecule has 1 fully saturated rings. The van der Waals surface area contributed by atoms with Crippen LogP contribution in [0, 0.1) is 16.0 Å². The van der Waals surface area contributed by atoms with Gasteiger partial charge >= 0.3 is 0 Å². The topological polar surface area (TPSA) is 133 Å². The highest BCUT2D eigenvalue weighted by molar-refractivity contribution is 7.89. The molecule has 1 unspecified atom stereocenters. The van der Waals surface area contributed by atoms with Crippen LogP contribution in [0.5, 0.6) is 0 Å². The van der Waals surface area contributed by atoms with Gasteiger partial charge < -0.3 is 10.6 Å². The van der Waals surface area contributed by atoms with Crippen molar-refractivity contribution in [1.82, 2.24) is 0 Å². The van der Waals surface area contributed by atoms with Crippen molar-refractivity contribution in [3.05, 3.63) is 28.3 Å². The molecule has 110 valence electrons. The van der Waals surface area contributed by atoms with Crippen LogP contribution in [0.2, 0.25) is 0 Å². The summed E-state index contributed by atoms with van der Waals surface area (Å²) in [5.74, 6) is 0.299. The predicted molar refractivity (Wildman–Crippen MR) is 73.8 cm³/mol. The second-order valence-electron chi connectivity index (χ2n) is 4.79. The van der Waals surface area contributed by atoms with Crippen molar-refractivity contribution in [2.75, 3.05) is 24.5 Å². The third kappa shape index (κ3) is 2.89. The van der Waals surface area contributed by atoms with Gasteiger partial charge in [-0.25, -0.2) is 13.6 Å². The smallest absolute Gasteiger partial charge is 0.293 e. The summed E-state index contributed by atoms with van der Waals surface area (Å²) < 4.78 is 22.5. The maximum absolute atomic E-state index is 11.3. The number of nitrogens with two attached hydrogens (primary N) is 2. The molecular weight excluding hydrogens is 284 g/mol. The Morgan fingerprint density at radius 2 is 2.15 bits per heavy atom. The van der Waals surface area contributed by atoms with Crippen molar-refractivity contribution in [3.8, 4) is 0 Å². The Balaban J connectivity index is 2.42. The normalized spacial score (nSPS) is 19.3. The Morgan fingerprint density at radius 3 is 2.65 bits per heavy atom. The van der Waals surface area contributed by atoms with Gasteiger partial charge in [0.15, 0.2) is 0 Å². The molecule has 1 heterocycles. The lowest BCUT2D eigenvalue weighted by atomic mass is 10.1. The van der Waals surface area contributed by atoms with E-state index in [1.165, 1.54) is 12.1 Å². The molecule has 1 atom stereocenters. The summed E-state index contributed by atoms with van der Waals surface area (Å²) in [6.07, 6.45) is 0.866. The fourth-order valence-corrected chi connectivity index (χ4v) is 2.87. The standard InChI is InChI=1S/C11H16N4O4S/c12-6-8-3-4-14(7-8)10-2-1-9(20(13,18)19)5-11(10)15(16)17/h1-2,5,8H,3-4,6-7,12H2,(H2,13,18,19). The number of rotatable bonds is 4. The van der Waals surface area contributed by atoms with E-state index in [9.17, 15) is 18.5 Å². The highest BCUT2D eigenvalue weighted by Gasteiger charge is 2.28. The molecule has 0 aliphatic carbocycles. The third-order valence-corrected chi connectivity index (χ3v) is 4.34. The van der Waals surface area contributed by atoms with Crippen LogP contribution in [0.4, 0.5) is 11.4 Å². The lowest BCUT2D eigenvalue weighted by Gasteiger charge is -2.18. The molecule has 0 bridgehead atoms. The first-order valence-electron chi connectivity index (χ1n) is 6.09. The Labute approximate surface area is 116 Å². The monoisotopic (exact) mass is 300 g/mol. The molecule has 1 saturated heterocycles. The minimum atomic E-state index is -3.96. The van der Waals surface area contributed by atoms with Crippen LogP contribution in [-0.4, -0.2) is 33.0 Å². The van der Waals surface area contributed by atoms with Crippen molar-refractivity contribution in [1.29, 1.82) is 0 Å². The van der Waals surface area contributed by atoms with Crippen molar-refractivity contribution >= 4 is 21.4 Å². The van der Waals surface area contributed by atoms with E-state index in [4.69, 9.17) is 10.9 Å². The molecule has 1 aromatic carbocycles. The van der Waals surface area contributed by atoms with Crippen molar-refractivity contribution in [2.24, 2.45) is 16.8 Å². The SMILES string of the molecule is NCC1CCN(c2ccc(S(N)(=O)=O)cc2[N+](=O)[O-])C1. The van der Waals surface area contributed by atoms with Gasteiger partial charge in [-0.2, -0.15) is 0 Å². The van der Waals surface area contributed by atoms with E-state index in [1.807, 2.05) is 4.90 Å². The zero-order valence-electron chi connectivity index (χ0n) is 10.7. The molecule has 9 heteroatoms. The number of benzene rings is 1. The fourth-order valence-electron chi connectivity index (χ4n) is 2.34. The van der Waals surface area contributed by atoms with Crippen LogP contribution < -0.4 is 15.8 Å². The van der Waals surface area contributed by atoms with E-state index in [0.29, 0.717) is 31.2 Å². The summed E-state index contributed by atoms with van der Waals surface area (Å²) >= 11 is 0. The molecular formula is C11H16N4O4S. The summed E-state index contributed by atoms with van der Waals surface area (Å²) in [5, 5.41) is 16.1. The van der Waals surface area contributed by atoms with E-state index in [0.717, 1.165) is 12.5 Å². The Kier molecular flexibility index (Phi) is 3.93. The molecule has 20 heavy (non-hydrogen) atoms. The van der Waals surface area contributed by atoms with Gasteiger partial charge in [-0.05, 0) is 31.0 Å². The average molecular weight is 300 g/mol. The van der Waals surface area contributed by atoms with Crippen molar-refractivity contribution in [3.63, 3.8) is 0 Å². The molecule has 0 spiro atoms. The van der Waals surface area contributed by atoms with Gasteiger partial charge in [0, 0.05) is 19.2 Å². The summed E-state index contributed by atoms with van der Waals surface area (Å²) in [6, 6.07) is 3.71. The Morgan fingerprint density at radius 1 is 1.45 bits per heavy atom. The minimum Gasteiger partial charge on any atom is -0.366 e. The number of hydrogen-bond donors (Lipinski definition) is 2. The molecule has 1 aromatic rings. The average Bonchev–Trinajstić information content (AvgIpc) is 2.85. The van der Waals surface area contributed by atoms with E-state index in [-0.39, 0.29) is 10.6 Å². The van der Waals surface area contributed by atoms with Gasteiger partial charge in [0.05, 0.1) is 9.82 Å². The number of primary sulfonamides is 1. The van der Waals surface area contributed by atoms with E-state index in [2.05, 4.69) is 0 Å². The molecule has 8 nitrogen and oxygen atoms in total. The summed E-state index contributed by atoms with van der Waals surface area (Å²) in [7, 11) is -3.96. The predicted octanol–water partition coefficient (Wildman–Crippen LogP) is 0.0272. The number of anilines is 1. The minimum absolute atomic E-state index is 0.255. The molecule has 2 rings (SSSR count). The molecule has 0 amide bonds. The molecule has 0 aromatic heterocycles. The zero-order chi connectivity index (χ0) is 14.9. The van der Waals surface area contributed by atoms with Gasteiger partial charge in [-0.15, -0.1) is 0 Å². The van der Waals surface area contributed by atoms with Gasteiger partial charge in [0.2, 0.25) is 10.0 Å². The van der Waals surface area contributed by atoms with Crippen LogP contribution in [-0.2, 0) is 10.0 Å². The molecule has 4 N–H and O–H groups in total. The molecule has 1 aliphatic rings. The number of sulfonamides is 1. The first-order valence-corrected chi connectivity index (χ1v) is 7.64. The van der Waals surface area contributed by atoms with Gasteiger partial charge in [-0.3, -0.25) is 10.1 Å². The highest BCUT2D eigenvalue weighted by Crippen LogP contribution is 2.33. The van der Waals surface area contributed by atoms with Crippen LogP contribution in [0.3, 0.4) is 0 Å². The van der Waals surface area contributed by atoms with Gasteiger partial charge in [-0.1, -0.05) is 0 Å². The number of nitro benzene ring substituents is 1. The van der Waals surface area contributed by atoms with E-state index >= 15 is 0 Å². The second kappa shape index (κ2) is 5.35. The van der Waals surface area contributed by atoms with Crippen molar-refractivity contribution in [2.45, 2.75) is 11.3 Å². The van der Waals surface area contributed by atoms with Crippen LogP contribution in [0.15, 0.2) is 23.1 Å². The molecule has 0 saturated carbocycles. The van der Waals surface area contributed by atoms with Crippen LogP contribution in [0.25, 0.3) is 0 Å². The maximum Gasteiger partial charge on any atom is 0.293 e. The fraction of sp³-hybridized carbons (Fsp3) is 0.455. The zero-order valence-corrected chi connectivity index (χ0v) is 11.5. The largest absolute Gasteiger partial charge is 0.366 e.